The van der Waals surface area contributed by atoms with Crippen LogP contribution in [-0.4, -0.2) is 29.3 Å². The van der Waals surface area contributed by atoms with E-state index in [2.05, 4.69) is 36.5 Å². The predicted octanol–water partition coefficient (Wildman–Crippen LogP) is 3.54. The first kappa shape index (κ1) is 18.6. The zero-order valence-corrected chi connectivity index (χ0v) is 14.8. The van der Waals surface area contributed by atoms with Gasteiger partial charge in [0.25, 0.3) is 5.69 Å². The van der Waals surface area contributed by atoms with Crippen LogP contribution in [0.5, 0.6) is 0 Å². The predicted molar refractivity (Wildman–Crippen MR) is 98.6 cm³/mol. The zero-order chi connectivity index (χ0) is 18.4. The van der Waals surface area contributed by atoms with Crippen molar-refractivity contribution in [3.05, 3.63) is 69.3 Å². The molecular weight excluding hydrogens is 318 g/mol. The molecule has 0 bridgehead atoms. The molecule has 0 atom stereocenters. The molecule has 0 aliphatic heterocycles. The van der Waals surface area contributed by atoms with Crippen LogP contribution in [0.2, 0.25) is 0 Å². The van der Waals surface area contributed by atoms with E-state index < -0.39 is 4.92 Å². The van der Waals surface area contributed by atoms with Gasteiger partial charge >= 0.3 is 0 Å². The number of nitrogens with one attached hydrogen (secondary N) is 1. The number of carbonyl (C=O) groups excluding carboxylic acids is 1. The smallest absolute Gasteiger partial charge is 0.271 e. The minimum Gasteiger partial charge on any atom is -0.324 e. The third kappa shape index (κ3) is 5.39. The number of aryl methyl sites for hydroxylation is 2. The molecular formula is C19H23N3O3. The summed E-state index contributed by atoms with van der Waals surface area (Å²) in [7, 11) is 1.87. The summed E-state index contributed by atoms with van der Waals surface area (Å²) in [6.07, 6.45) is 1.00. The number of hydrogen-bond acceptors (Lipinski definition) is 4. The van der Waals surface area contributed by atoms with Gasteiger partial charge in [0.1, 0.15) is 0 Å². The number of non-ortho nitro benzene ring substituents is 1. The molecule has 6 heteroatoms. The molecule has 0 aliphatic carbocycles. The standard InChI is InChI=1S/C19H23N3O3/c1-4-15-6-8-16(9-7-15)12-21(3)13-19(23)20-18-11-17(22(24)25)10-5-14(18)2/h5-11H,4,12-13H2,1-3H3,(H,20,23). The molecule has 0 aliphatic rings. The zero-order valence-electron chi connectivity index (χ0n) is 14.8. The van der Waals surface area contributed by atoms with Crippen molar-refractivity contribution in [3.63, 3.8) is 0 Å². The Morgan fingerprint density at radius 1 is 1.16 bits per heavy atom. The van der Waals surface area contributed by atoms with Crippen LogP contribution in [-0.2, 0) is 17.8 Å². The lowest BCUT2D eigenvalue weighted by Gasteiger charge is -2.17. The second-order valence-electron chi connectivity index (χ2n) is 6.15. The summed E-state index contributed by atoms with van der Waals surface area (Å²) in [6, 6.07) is 12.8. The molecule has 0 saturated carbocycles. The third-order valence-corrected chi connectivity index (χ3v) is 4.00. The highest BCUT2D eigenvalue weighted by Crippen LogP contribution is 2.21. The van der Waals surface area contributed by atoms with Crippen molar-refractivity contribution in [2.45, 2.75) is 26.8 Å². The fourth-order valence-corrected chi connectivity index (χ4v) is 2.54. The normalized spacial score (nSPS) is 10.7. The van der Waals surface area contributed by atoms with E-state index in [1.165, 1.54) is 17.7 Å². The Bertz CT molecular complexity index is 757. The van der Waals surface area contributed by atoms with Gasteiger partial charge in [-0.3, -0.25) is 19.8 Å². The fourth-order valence-electron chi connectivity index (χ4n) is 2.54. The van der Waals surface area contributed by atoms with E-state index in [9.17, 15) is 14.9 Å². The minimum absolute atomic E-state index is 0.0368. The summed E-state index contributed by atoms with van der Waals surface area (Å²) >= 11 is 0. The van der Waals surface area contributed by atoms with Gasteiger partial charge in [-0.1, -0.05) is 37.3 Å². The van der Waals surface area contributed by atoms with E-state index >= 15 is 0 Å². The molecule has 0 saturated heterocycles. The maximum atomic E-state index is 12.2. The average molecular weight is 341 g/mol. The van der Waals surface area contributed by atoms with Crippen LogP contribution in [0.3, 0.4) is 0 Å². The van der Waals surface area contributed by atoms with Crippen molar-refractivity contribution < 1.29 is 9.72 Å². The third-order valence-electron chi connectivity index (χ3n) is 4.00. The number of likely N-dealkylation sites (N-methyl/N-ethyl adjacent to an activating group) is 1. The highest BCUT2D eigenvalue weighted by Gasteiger charge is 2.12. The van der Waals surface area contributed by atoms with Crippen molar-refractivity contribution in [2.24, 2.45) is 0 Å². The molecule has 2 rings (SSSR count). The molecule has 1 amide bonds. The minimum atomic E-state index is -0.471. The van der Waals surface area contributed by atoms with E-state index in [1.54, 1.807) is 13.0 Å². The van der Waals surface area contributed by atoms with Gasteiger partial charge in [0.05, 0.1) is 17.2 Å². The van der Waals surface area contributed by atoms with E-state index in [1.807, 2.05) is 11.9 Å². The Labute approximate surface area is 147 Å². The largest absolute Gasteiger partial charge is 0.324 e. The van der Waals surface area contributed by atoms with Crippen LogP contribution in [0.1, 0.15) is 23.6 Å². The maximum absolute atomic E-state index is 12.2. The number of amides is 1. The molecule has 1 N–H and O–H groups in total. The van der Waals surface area contributed by atoms with Crippen LogP contribution < -0.4 is 5.32 Å². The Morgan fingerprint density at radius 3 is 2.40 bits per heavy atom. The summed E-state index contributed by atoms with van der Waals surface area (Å²) in [5, 5.41) is 13.6. The molecule has 0 fully saturated rings. The molecule has 2 aromatic rings. The first-order chi connectivity index (χ1) is 11.9. The maximum Gasteiger partial charge on any atom is 0.271 e. The number of carbonyl (C=O) groups is 1. The average Bonchev–Trinajstić information content (AvgIpc) is 2.57. The van der Waals surface area contributed by atoms with E-state index in [0.29, 0.717) is 12.2 Å². The highest BCUT2D eigenvalue weighted by atomic mass is 16.6. The van der Waals surface area contributed by atoms with E-state index in [4.69, 9.17) is 0 Å². The van der Waals surface area contributed by atoms with Gasteiger partial charge in [-0.2, -0.15) is 0 Å². The summed E-state index contributed by atoms with van der Waals surface area (Å²) in [6.45, 7) is 4.78. The van der Waals surface area contributed by atoms with Gasteiger partial charge in [0.15, 0.2) is 0 Å². The van der Waals surface area contributed by atoms with Gasteiger partial charge in [-0.25, -0.2) is 0 Å². The Balaban J connectivity index is 1.95. The number of hydrogen-bond donors (Lipinski definition) is 1. The summed E-state index contributed by atoms with van der Waals surface area (Å²) < 4.78 is 0. The van der Waals surface area contributed by atoms with Crippen molar-refractivity contribution >= 4 is 17.3 Å². The first-order valence-corrected chi connectivity index (χ1v) is 8.20. The summed E-state index contributed by atoms with van der Waals surface area (Å²) in [4.78, 5) is 24.5. The van der Waals surface area contributed by atoms with Gasteiger partial charge in [-0.05, 0) is 37.1 Å². The van der Waals surface area contributed by atoms with Gasteiger partial charge in [-0.15, -0.1) is 0 Å². The molecule has 0 aromatic heterocycles. The lowest BCUT2D eigenvalue weighted by molar-refractivity contribution is -0.384. The van der Waals surface area contributed by atoms with E-state index in [0.717, 1.165) is 17.5 Å². The Morgan fingerprint density at radius 2 is 1.80 bits per heavy atom. The lowest BCUT2D eigenvalue weighted by Crippen LogP contribution is -2.30. The monoisotopic (exact) mass is 341 g/mol. The van der Waals surface area contributed by atoms with Crippen molar-refractivity contribution in [2.75, 3.05) is 18.9 Å². The number of rotatable bonds is 7. The number of nitro benzene ring substituents is 1. The SMILES string of the molecule is CCc1ccc(CN(C)CC(=O)Nc2cc([N+](=O)[O-])ccc2C)cc1. The number of benzene rings is 2. The second-order valence-corrected chi connectivity index (χ2v) is 6.15. The van der Waals surface area contributed by atoms with Crippen LogP contribution in [0.25, 0.3) is 0 Å². The van der Waals surface area contributed by atoms with E-state index in [-0.39, 0.29) is 18.1 Å². The molecule has 0 radical (unpaired) electrons. The number of anilines is 1. The molecule has 0 unspecified atom stereocenters. The first-order valence-electron chi connectivity index (χ1n) is 8.20. The molecule has 2 aromatic carbocycles. The van der Waals surface area contributed by atoms with Gasteiger partial charge < -0.3 is 5.32 Å². The van der Waals surface area contributed by atoms with Gasteiger partial charge in [0.2, 0.25) is 5.91 Å². The summed E-state index contributed by atoms with van der Waals surface area (Å²) in [5.41, 5.74) is 3.64. The second kappa shape index (κ2) is 8.39. The van der Waals surface area contributed by atoms with Crippen molar-refractivity contribution in [1.82, 2.24) is 4.90 Å². The number of nitro groups is 1. The fraction of sp³-hybridized carbons (Fsp3) is 0.316. The highest BCUT2D eigenvalue weighted by molar-refractivity contribution is 5.93. The Hall–Kier alpha value is -2.73. The van der Waals surface area contributed by atoms with Crippen LogP contribution >= 0.6 is 0 Å². The van der Waals surface area contributed by atoms with Crippen molar-refractivity contribution in [3.8, 4) is 0 Å². The van der Waals surface area contributed by atoms with Crippen LogP contribution in [0.4, 0.5) is 11.4 Å². The molecule has 0 heterocycles. The lowest BCUT2D eigenvalue weighted by atomic mass is 10.1. The van der Waals surface area contributed by atoms with Crippen molar-refractivity contribution in [1.29, 1.82) is 0 Å². The quantitative estimate of drug-likeness (QED) is 0.617. The topological polar surface area (TPSA) is 75.5 Å². The van der Waals surface area contributed by atoms with Gasteiger partial charge in [0, 0.05) is 18.7 Å². The molecule has 0 spiro atoms. The van der Waals surface area contributed by atoms with Crippen LogP contribution in [0, 0.1) is 17.0 Å². The summed E-state index contributed by atoms with van der Waals surface area (Å²) in [5.74, 6) is -0.198. The molecule has 25 heavy (non-hydrogen) atoms. The number of nitrogens with zero attached hydrogens (tertiary/aromatic N) is 2. The molecule has 6 nitrogen and oxygen atoms in total. The Kier molecular flexibility index (Phi) is 6.25. The van der Waals surface area contributed by atoms with Crippen LogP contribution in [0.15, 0.2) is 42.5 Å². The molecule has 132 valence electrons.